The van der Waals surface area contributed by atoms with Crippen molar-refractivity contribution in [2.45, 2.75) is 44.0 Å². The van der Waals surface area contributed by atoms with E-state index in [1.165, 1.54) is 12.8 Å². The Morgan fingerprint density at radius 1 is 1.26 bits per heavy atom. The number of aromatic nitrogens is 2. The first-order valence-electron chi connectivity index (χ1n) is 9.36. The maximum absolute atomic E-state index is 12.1. The first-order valence-corrected chi connectivity index (χ1v) is 10.4. The summed E-state index contributed by atoms with van der Waals surface area (Å²) in [6.45, 7) is 1.98. The van der Waals surface area contributed by atoms with Gasteiger partial charge < -0.3 is 14.8 Å². The number of aryl methyl sites for hydroxylation is 2. The predicted molar refractivity (Wildman–Crippen MR) is 107 cm³/mol. The summed E-state index contributed by atoms with van der Waals surface area (Å²) in [5.41, 5.74) is 3.07. The molecule has 0 spiro atoms. The van der Waals surface area contributed by atoms with E-state index in [0.29, 0.717) is 5.75 Å². The van der Waals surface area contributed by atoms with Crippen molar-refractivity contribution in [2.75, 3.05) is 18.2 Å². The quantitative estimate of drug-likeness (QED) is 0.864. The number of rotatable bonds is 4. The van der Waals surface area contributed by atoms with Crippen LogP contribution in [-0.4, -0.2) is 34.7 Å². The lowest BCUT2D eigenvalue weighted by Gasteiger charge is -2.20. The van der Waals surface area contributed by atoms with E-state index in [2.05, 4.69) is 16.5 Å². The van der Waals surface area contributed by atoms with Crippen molar-refractivity contribution in [3.05, 3.63) is 35.0 Å². The lowest BCUT2D eigenvalue weighted by molar-refractivity contribution is -0.113. The van der Waals surface area contributed by atoms with Crippen molar-refractivity contribution in [3.63, 3.8) is 0 Å². The lowest BCUT2D eigenvalue weighted by Crippen LogP contribution is -2.15. The summed E-state index contributed by atoms with van der Waals surface area (Å²) >= 11 is 1.61. The van der Waals surface area contributed by atoms with Gasteiger partial charge in [0, 0.05) is 12.6 Å². The number of nitrogens with zero attached hydrogens (tertiary/aromatic N) is 2. The third-order valence-corrected chi connectivity index (χ3v) is 6.53. The Bertz CT molecular complexity index is 858. The smallest absolute Gasteiger partial charge is 0.235 e. The molecule has 2 aromatic rings. The van der Waals surface area contributed by atoms with Crippen LogP contribution in [0.1, 0.15) is 47.8 Å². The number of carbonyl (C=O) groups excluding carboxylic acids is 1. The molecule has 1 atom stereocenters. The molecule has 1 aromatic carbocycles. The van der Waals surface area contributed by atoms with Crippen LogP contribution in [0.25, 0.3) is 0 Å². The highest BCUT2D eigenvalue weighted by Gasteiger charge is 2.30. The maximum Gasteiger partial charge on any atom is 0.235 e. The van der Waals surface area contributed by atoms with Crippen molar-refractivity contribution in [3.8, 4) is 11.5 Å². The van der Waals surface area contributed by atoms with E-state index in [9.17, 15) is 4.79 Å². The van der Waals surface area contributed by atoms with Gasteiger partial charge in [0.25, 0.3) is 0 Å². The number of anilines is 1. The van der Waals surface area contributed by atoms with E-state index in [0.717, 1.165) is 47.0 Å². The second-order valence-electron chi connectivity index (χ2n) is 7.15. The third kappa shape index (κ3) is 3.52. The van der Waals surface area contributed by atoms with Crippen LogP contribution in [0.15, 0.2) is 18.2 Å². The Labute approximate surface area is 163 Å². The standard InChI is InChI=1S/C20H25N3O3S/c1-12-18-19(27-11-17(24)21-20(18)23(2)22-12)13-8-9-15(16(10-13)25-3)26-14-6-4-5-7-14/h8-10,14,19H,4-7,11H2,1-3H3,(H,21,24)/t19-/m1/s1. The van der Waals surface area contributed by atoms with Crippen LogP contribution in [0.2, 0.25) is 0 Å². The van der Waals surface area contributed by atoms with Gasteiger partial charge in [-0.25, -0.2) is 0 Å². The molecule has 2 heterocycles. The Kier molecular flexibility index (Phi) is 5.04. The van der Waals surface area contributed by atoms with Gasteiger partial charge in [-0.15, -0.1) is 11.8 Å². The predicted octanol–water partition coefficient (Wildman–Crippen LogP) is 3.83. The number of amides is 1. The molecule has 6 nitrogen and oxygen atoms in total. The first kappa shape index (κ1) is 18.2. The molecule has 1 fully saturated rings. The van der Waals surface area contributed by atoms with Gasteiger partial charge in [-0.2, -0.15) is 5.10 Å². The molecular weight excluding hydrogens is 362 g/mol. The zero-order chi connectivity index (χ0) is 19.0. The van der Waals surface area contributed by atoms with Gasteiger partial charge in [0.15, 0.2) is 11.5 Å². The zero-order valence-corrected chi connectivity index (χ0v) is 16.8. The molecule has 1 aliphatic heterocycles. The molecule has 1 saturated carbocycles. The fourth-order valence-corrected chi connectivity index (χ4v) is 5.12. The van der Waals surface area contributed by atoms with Gasteiger partial charge in [-0.1, -0.05) is 6.07 Å². The Balaban J connectivity index is 1.69. The van der Waals surface area contributed by atoms with Crippen molar-refractivity contribution in [1.82, 2.24) is 9.78 Å². The third-order valence-electron chi connectivity index (χ3n) is 5.26. The fraction of sp³-hybridized carbons (Fsp3) is 0.500. The van der Waals surface area contributed by atoms with Crippen molar-refractivity contribution >= 4 is 23.5 Å². The Morgan fingerprint density at radius 2 is 2.04 bits per heavy atom. The average molecular weight is 388 g/mol. The number of thioether (sulfide) groups is 1. The molecule has 4 rings (SSSR count). The summed E-state index contributed by atoms with van der Waals surface area (Å²) in [6.07, 6.45) is 4.96. The number of nitrogens with one attached hydrogen (secondary N) is 1. The summed E-state index contributed by atoms with van der Waals surface area (Å²) in [4.78, 5) is 12.1. The molecule has 0 unspecified atom stereocenters. The van der Waals surface area contributed by atoms with E-state index < -0.39 is 0 Å². The normalized spacial score (nSPS) is 20.1. The number of benzene rings is 1. The van der Waals surface area contributed by atoms with Crippen LogP contribution < -0.4 is 14.8 Å². The molecule has 1 aromatic heterocycles. The van der Waals surface area contributed by atoms with Crippen molar-refractivity contribution in [1.29, 1.82) is 0 Å². The van der Waals surface area contributed by atoms with Crippen molar-refractivity contribution in [2.24, 2.45) is 7.05 Å². The first-order chi connectivity index (χ1) is 13.1. The number of hydrogen-bond donors (Lipinski definition) is 1. The topological polar surface area (TPSA) is 65.4 Å². The molecule has 27 heavy (non-hydrogen) atoms. The number of ether oxygens (including phenoxy) is 2. The number of fused-ring (bicyclic) bond motifs is 1. The van der Waals surface area contributed by atoms with Gasteiger partial charge in [-0.05, 0) is 50.3 Å². The average Bonchev–Trinajstić information content (AvgIpc) is 3.20. The van der Waals surface area contributed by atoms with Gasteiger partial charge in [0.05, 0.1) is 29.9 Å². The molecule has 144 valence electrons. The molecule has 1 N–H and O–H groups in total. The highest BCUT2D eigenvalue weighted by Crippen LogP contribution is 2.45. The SMILES string of the molecule is COc1cc([C@H]2SCC(=O)Nc3c2c(C)nn3C)ccc1OC1CCCC1. The molecule has 0 bridgehead atoms. The number of methoxy groups -OCH3 is 1. The number of hydrogen-bond acceptors (Lipinski definition) is 5. The molecule has 0 radical (unpaired) electrons. The van der Waals surface area contributed by atoms with Crippen LogP contribution >= 0.6 is 11.8 Å². The van der Waals surface area contributed by atoms with Crippen LogP contribution in [0.4, 0.5) is 5.82 Å². The second kappa shape index (κ2) is 7.46. The van der Waals surface area contributed by atoms with E-state index in [-0.39, 0.29) is 17.3 Å². The summed E-state index contributed by atoms with van der Waals surface area (Å²) in [5, 5.41) is 7.51. The minimum Gasteiger partial charge on any atom is -0.493 e. The summed E-state index contributed by atoms with van der Waals surface area (Å²) in [6, 6.07) is 6.11. The van der Waals surface area contributed by atoms with E-state index in [1.54, 1.807) is 23.6 Å². The highest BCUT2D eigenvalue weighted by molar-refractivity contribution is 8.00. The van der Waals surface area contributed by atoms with E-state index in [1.807, 2.05) is 26.1 Å². The summed E-state index contributed by atoms with van der Waals surface area (Å²) in [5.74, 6) is 2.72. The van der Waals surface area contributed by atoms with Gasteiger partial charge >= 0.3 is 0 Å². The van der Waals surface area contributed by atoms with Gasteiger partial charge in [0.1, 0.15) is 5.82 Å². The summed E-state index contributed by atoms with van der Waals surface area (Å²) in [7, 11) is 3.53. The minimum absolute atomic E-state index is 0.0000909. The zero-order valence-electron chi connectivity index (χ0n) is 15.9. The van der Waals surface area contributed by atoms with Crippen LogP contribution in [-0.2, 0) is 11.8 Å². The van der Waals surface area contributed by atoms with E-state index in [4.69, 9.17) is 9.47 Å². The van der Waals surface area contributed by atoms with Crippen molar-refractivity contribution < 1.29 is 14.3 Å². The molecule has 7 heteroatoms. The van der Waals surface area contributed by atoms with Crippen LogP contribution in [0, 0.1) is 6.92 Å². The maximum atomic E-state index is 12.1. The molecule has 1 amide bonds. The number of carbonyl (C=O) groups is 1. The van der Waals surface area contributed by atoms with Crippen LogP contribution in [0.3, 0.4) is 0 Å². The molecule has 2 aliphatic rings. The lowest BCUT2D eigenvalue weighted by atomic mass is 10.0. The summed E-state index contributed by atoms with van der Waals surface area (Å²) < 4.78 is 13.5. The molecule has 1 aliphatic carbocycles. The molecular formula is C20H25N3O3S. The largest absolute Gasteiger partial charge is 0.493 e. The van der Waals surface area contributed by atoms with E-state index >= 15 is 0 Å². The minimum atomic E-state index is -0.0000909. The monoisotopic (exact) mass is 387 g/mol. The van der Waals surface area contributed by atoms with Crippen LogP contribution in [0.5, 0.6) is 11.5 Å². The Hall–Kier alpha value is -2.15. The Morgan fingerprint density at radius 3 is 2.78 bits per heavy atom. The fourth-order valence-electron chi connectivity index (χ4n) is 3.94. The second-order valence-corrected chi connectivity index (χ2v) is 8.24. The van der Waals surface area contributed by atoms with Gasteiger partial charge in [-0.3, -0.25) is 9.48 Å². The van der Waals surface area contributed by atoms with Gasteiger partial charge in [0.2, 0.25) is 5.91 Å². The highest BCUT2D eigenvalue weighted by atomic mass is 32.2. The molecule has 0 saturated heterocycles.